The summed E-state index contributed by atoms with van der Waals surface area (Å²) in [6, 6.07) is 11.6. The molecule has 0 bridgehead atoms. The molecule has 0 saturated heterocycles. The fourth-order valence-electron chi connectivity index (χ4n) is 2.28. The summed E-state index contributed by atoms with van der Waals surface area (Å²) in [6.45, 7) is 4.01. The van der Waals surface area contributed by atoms with Gasteiger partial charge in [-0.25, -0.2) is 0 Å². The molecule has 0 atom stereocenters. The molecule has 21 heavy (non-hydrogen) atoms. The molecule has 4 heteroatoms. The van der Waals surface area contributed by atoms with Gasteiger partial charge in [-0.2, -0.15) is 0 Å². The van der Waals surface area contributed by atoms with E-state index < -0.39 is 0 Å². The highest BCUT2D eigenvalue weighted by molar-refractivity contribution is 9.10. The Bertz CT molecular complexity index is 645. The van der Waals surface area contributed by atoms with Crippen LogP contribution in [0.15, 0.2) is 40.9 Å². The number of aryl methyl sites for hydroxylation is 2. The van der Waals surface area contributed by atoms with Crippen LogP contribution in [0.5, 0.6) is 5.75 Å². The van der Waals surface area contributed by atoms with Gasteiger partial charge in [0, 0.05) is 10.0 Å². The normalized spacial score (nSPS) is 10.3. The number of methoxy groups -OCH3 is 1. The Labute approximate surface area is 133 Å². The van der Waals surface area contributed by atoms with E-state index in [0.717, 1.165) is 32.6 Å². The van der Waals surface area contributed by atoms with E-state index in [9.17, 15) is 4.79 Å². The average Bonchev–Trinajstić information content (AvgIpc) is 2.43. The number of benzene rings is 2. The van der Waals surface area contributed by atoms with E-state index >= 15 is 0 Å². The molecule has 2 aromatic rings. The minimum Gasteiger partial charge on any atom is -0.496 e. The number of carbonyl (C=O) groups excluding carboxylic acids is 1. The van der Waals surface area contributed by atoms with E-state index in [0.29, 0.717) is 0 Å². The van der Waals surface area contributed by atoms with Crippen LogP contribution in [0.2, 0.25) is 0 Å². The molecule has 2 aromatic carbocycles. The fourth-order valence-corrected chi connectivity index (χ4v) is 3.05. The van der Waals surface area contributed by atoms with Crippen LogP contribution in [-0.2, 0) is 11.2 Å². The van der Waals surface area contributed by atoms with E-state index in [1.54, 1.807) is 7.11 Å². The quantitative estimate of drug-likeness (QED) is 0.897. The Morgan fingerprint density at radius 1 is 1.24 bits per heavy atom. The van der Waals surface area contributed by atoms with Gasteiger partial charge in [0.15, 0.2) is 0 Å². The maximum atomic E-state index is 12.3. The van der Waals surface area contributed by atoms with Crippen LogP contribution in [0.25, 0.3) is 0 Å². The number of hydrogen-bond donors (Lipinski definition) is 1. The number of para-hydroxylation sites is 1. The van der Waals surface area contributed by atoms with Crippen LogP contribution < -0.4 is 10.1 Å². The summed E-state index contributed by atoms with van der Waals surface area (Å²) >= 11 is 3.50. The number of anilines is 1. The Hall–Kier alpha value is -1.81. The van der Waals surface area contributed by atoms with Gasteiger partial charge in [0.1, 0.15) is 5.75 Å². The van der Waals surface area contributed by atoms with Crippen LogP contribution in [0.4, 0.5) is 5.69 Å². The van der Waals surface area contributed by atoms with Crippen LogP contribution >= 0.6 is 15.9 Å². The lowest BCUT2D eigenvalue weighted by Crippen LogP contribution is -2.16. The van der Waals surface area contributed by atoms with Crippen molar-refractivity contribution >= 4 is 27.5 Å². The van der Waals surface area contributed by atoms with E-state index in [2.05, 4.69) is 21.2 Å². The summed E-state index contributed by atoms with van der Waals surface area (Å²) < 4.78 is 6.17. The van der Waals surface area contributed by atoms with Gasteiger partial charge >= 0.3 is 0 Å². The van der Waals surface area contributed by atoms with E-state index in [1.165, 1.54) is 0 Å². The van der Waals surface area contributed by atoms with Gasteiger partial charge in [0.2, 0.25) is 5.91 Å². The third-order valence-electron chi connectivity index (χ3n) is 3.24. The Morgan fingerprint density at radius 3 is 2.62 bits per heavy atom. The van der Waals surface area contributed by atoms with Crippen LogP contribution in [0, 0.1) is 13.8 Å². The molecule has 0 unspecified atom stereocenters. The molecule has 110 valence electrons. The first-order valence-electron chi connectivity index (χ1n) is 6.69. The maximum absolute atomic E-state index is 12.3. The van der Waals surface area contributed by atoms with Crippen molar-refractivity contribution in [3.05, 3.63) is 57.6 Å². The van der Waals surface area contributed by atoms with Gasteiger partial charge in [-0.05, 0) is 53.0 Å². The largest absolute Gasteiger partial charge is 0.496 e. The standard InChI is InChI=1S/C17H18BrNO2/c1-11-8-12(2)17(14(18)9-11)19-16(20)10-13-6-4-5-7-15(13)21-3/h4-9H,10H2,1-3H3,(H,19,20). The minimum absolute atomic E-state index is 0.0628. The lowest BCUT2D eigenvalue weighted by atomic mass is 10.1. The lowest BCUT2D eigenvalue weighted by Gasteiger charge is -2.13. The molecule has 0 aliphatic rings. The summed E-state index contributed by atoms with van der Waals surface area (Å²) in [5, 5.41) is 2.96. The van der Waals surface area contributed by atoms with Gasteiger partial charge in [-0.3, -0.25) is 4.79 Å². The SMILES string of the molecule is COc1ccccc1CC(=O)Nc1c(C)cc(C)cc1Br. The van der Waals surface area contributed by atoms with Crippen molar-refractivity contribution in [2.75, 3.05) is 12.4 Å². The monoisotopic (exact) mass is 347 g/mol. The highest BCUT2D eigenvalue weighted by Crippen LogP contribution is 2.28. The first-order chi connectivity index (χ1) is 10.0. The minimum atomic E-state index is -0.0628. The summed E-state index contributed by atoms with van der Waals surface area (Å²) in [7, 11) is 1.61. The van der Waals surface area contributed by atoms with Gasteiger partial charge in [-0.1, -0.05) is 24.3 Å². The van der Waals surface area contributed by atoms with Gasteiger partial charge < -0.3 is 10.1 Å². The molecule has 1 N–H and O–H groups in total. The number of halogens is 1. The Kier molecular flexibility index (Phi) is 5.02. The Morgan fingerprint density at radius 2 is 1.95 bits per heavy atom. The van der Waals surface area contributed by atoms with Gasteiger partial charge in [-0.15, -0.1) is 0 Å². The predicted molar refractivity (Wildman–Crippen MR) is 88.9 cm³/mol. The second kappa shape index (κ2) is 6.76. The van der Waals surface area contributed by atoms with Crippen molar-refractivity contribution in [1.29, 1.82) is 0 Å². The van der Waals surface area contributed by atoms with E-state index in [4.69, 9.17) is 4.74 Å². The molecule has 0 radical (unpaired) electrons. The fraction of sp³-hybridized carbons (Fsp3) is 0.235. The second-order valence-electron chi connectivity index (χ2n) is 4.98. The zero-order chi connectivity index (χ0) is 15.4. The second-order valence-corrected chi connectivity index (χ2v) is 5.83. The number of nitrogens with one attached hydrogen (secondary N) is 1. The Balaban J connectivity index is 2.16. The molecule has 2 rings (SSSR count). The van der Waals surface area contributed by atoms with E-state index in [1.807, 2.05) is 50.2 Å². The van der Waals surface area contributed by atoms with E-state index in [-0.39, 0.29) is 12.3 Å². The zero-order valence-corrected chi connectivity index (χ0v) is 14.0. The van der Waals surface area contributed by atoms with Crippen molar-refractivity contribution in [3.63, 3.8) is 0 Å². The first kappa shape index (κ1) is 15.6. The third kappa shape index (κ3) is 3.85. The molecule has 0 aromatic heterocycles. The molecule has 1 amide bonds. The first-order valence-corrected chi connectivity index (χ1v) is 7.49. The highest BCUT2D eigenvalue weighted by atomic mass is 79.9. The maximum Gasteiger partial charge on any atom is 0.228 e. The summed E-state index contributed by atoms with van der Waals surface area (Å²) in [6.07, 6.45) is 0.282. The summed E-state index contributed by atoms with van der Waals surface area (Å²) in [5.74, 6) is 0.666. The van der Waals surface area contributed by atoms with Crippen molar-refractivity contribution in [2.24, 2.45) is 0 Å². The molecular formula is C17H18BrNO2. The lowest BCUT2D eigenvalue weighted by molar-refractivity contribution is -0.115. The molecule has 3 nitrogen and oxygen atoms in total. The molecule has 0 spiro atoms. The van der Waals surface area contributed by atoms with Crippen LogP contribution in [0.1, 0.15) is 16.7 Å². The van der Waals surface area contributed by atoms with Gasteiger partial charge in [0.05, 0.1) is 19.2 Å². The number of ether oxygens (including phenoxy) is 1. The smallest absolute Gasteiger partial charge is 0.228 e. The van der Waals surface area contributed by atoms with Crippen molar-refractivity contribution in [1.82, 2.24) is 0 Å². The highest BCUT2D eigenvalue weighted by Gasteiger charge is 2.12. The molecule has 0 heterocycles. The molecule has 0 saturated carbocycles. The van der Waals surface area contributed by atoms with Crippen molar-refractivity contribution in [2.45, 2.75) is 20.3 Å². The van der Waals surface area contributed by atoms with Crippen LogP contribution in [-0.4, -0.2) is 13.0 Å². The average molecular weight is 348 g/mol. The molecule has 0 aliphatic carbocycles. The number of hydrogen-bond acceptors (Lipinski definition) is 2. The topological polar surface area (TPSA) is 38.3 Å². The molecule has 0 aliphatic heterocycles. The summed E-state index contributed by atoms with van der Waals surface area (Å²) in [4.78, 5) is 12.3. The van der Waals surface area contributed by atoms with Crippen molar-refractivity contribution in [3.8, 4) is 5.75 Å². The predicted octanol–water partition coefficient (Wildman–Crippen LogP) is 4.26. The molecular weight excluding hydrogens is 330 g/mol. The number of rotatable bonds is 4. The molecule has 0 fully saturated rings. The number of carbonyl (C=O) groups is 1. The van der Waals surface area contributed by atoms with Crippen molar-refractivity contribution < 1.29 is 9.53 Å². The summed E-state index contributed by atoms with van der Waals surface area (Å²) in [5.41, 5.74) is 3.89. The van der Waals surface area contributed by atoms with Crippen LogP contribution in [0.3, 0.4) is 0 Å². The third-order valence-corrected chi connectivity index (χ3v) is 3.87. The van der Waals surface area contributed by atoms with Gasteiger partial charge in [0.25, 0.3) is 0 Å². The number of amides is 1. The zero-order valence-electron chi connectivity index (χ0n) is 12.4.